The summed E-state index contributed by atoms with van der Waals surface area (Å²) in [6.07, 6.45) is 2.40. The van der Waals surface area contributed by atoms with Gasteiger partial charge < -0.3 is 14.6 Å². The number of carbonyl (C=O) groups is 1. The van der Waals surface area contributed by atoms with E-state index in [9.17, 15) is 4.79 Å². The number of methoxy groups -OCH3 is 1. The van der Waals surface area contributed by atoms with Gasteiger partial charge >= 0.3 is 5.97 Å². The second-order valence-electron chi connectivity index (χ2n) is 2.91. The van der Waals surface area contributed by atoms with Gasteiger partial charge in [0.2, 0.25) is 0 Å². The van der Waals surface area contributed by atoms with Crippen LogP contribution in [0.1, 0.15) is 19.3 Å². The first kappa shape index (κ1) is 9.48. The predicted octanol–water partition coefficient (Wildman–Crippen LogP) is 0.0910. The van der Waals surface area contributed by atoms with Crippen LogP contribution in [0.2, 0.25) is 0 Å². The fraction of sp³-hybridized carbons (Fsp3) is 0.875. The number of carbonyl (C=O) groups excluding carboxylic acids is 1. The smallest absolute Gasteiger partial charge is 0.338 e. The third kappa shape index (κ3) is 1.59. The average Bonchev–Trinajstić information content (AvgIpc) is 2.02. The monoisotopic (exact) mass is 174 g/mol. The number of hydrogen-bond acceptors (Lipinski definition) is 4. The highest BCUT2D eigenvalue weighted by Gasteiger charge is 2.46. The van der Waals surface area contributed by atoms with Crippen molar-refractivity contribution in [2.75, 3.05) is 20.3 Å². The lowest BCUT2D eigenvalue weighted by Crippen LogP contribution is -2.49. The summed E-state index contributed by atoms with van der Waals surface area (Å²) >= 11 is 0. The van der Waals surface area contributed by atoms with Crippen LogP contribution in [0.4, 0.5) is 0 Å². The first-order valence-electron chi connectivity index (χ1n) is 4.08. The van der Waals surface area contributed by atoms with Crippen molar-refractivity contribution < 1.29 is 19.4 Å². The molecule has 0 aromatic rings. The van der Waals surface area contributed by atoms with Gasteiger partial charge in [-0.05, 0) is 19.3 Å². The van der Waals surface area contributed by atoms with Gasteiger partial charge in [0.1, 0.15) is 0 Å². The molecular formula is C8H14O4. The Morgan fingerprint density at radius 2 is 2.25 bits per heavy atom. The second-order valence-corrected chi connectivity index (χ2v) is 2.91. The third-order valence-corrected chi connectivity index (χ3v) is 2.19. The van der Waals surface area contributed by atoms with Crippen LogP contribution in [0.5, 0.6) is 0 Å². The van der Waals surface area contributed by atoms with Crippen LogP contribution in [0.15, 0.2) is 0 Å². The molecule has 70 valence electrons. The largest absolute Gasteiger partial charge is 0.467 e. The van der Waals surface area contributed by atoms with Crippen molar-refractivity contribution in [2.45, 2.75) is 24.9 Å². The Hall–Kier alpha value is -0.610. The fourth-order valence-electron chi connectivity index (χ4n) is 1.33. The molecule has 0 unspecified atom stereocenters. The first-order valence-corrected chi connectivity index (χ1v) is 4.08. The fourth-order valence-corrected chi connectivity index (χ4v) is 1.33. The minimum Gasteiger partial charge on any atom is -0.467 e. The van der Waals surface area contributed by atoms with Crippen molar-refractivity contribution >= 4 is 5.97 Å². The van der Waals surface area contributed by atoms with Crippen LogP contribution < -0.4 is 0 Å². The molecule has 1 saturated carbocycles. The molecule has 0 aliphatic heterocycles. The molecule has 4 nitrogen and oxygen atoms in total. The SMILES string of the molecule is COC(=O)C1(OCCO)CCC1. The lowest BCUT2D eigenvalue weighted by atomic mass is 9.80. The van der Waals surface area contributed by atoms with Crippen molar-refractivity contribution in [3.8, 4) is 0 Å². The summed E-state index contributed by atoms with van der Waals surface area (Å²) in [6.45, 7) is 0.147. The summed E-state index contributed by atoms with van der Waals surface area (Å²) in [5.74, 6) is -0.317. The average molecular weight is 174 g/mol. The molecule has 0 heterocycles. The van der Waals surface area contributed by atoms with E-state index in [1.54, 1.807) is 0 Å². The number of aliphatic hydroxyl groups is 1. The Kier molecular flexibility index (Phi) is 3.05. The quantitative estimate of drug-likeness (QED) is 0.614. The van der Waals surface area contributed by atoms with Gasteiger partial charge in [-0.25, -0.2) is 4.79 Å². The van der Waals surface area contributed by atoms with Crippen molar-refractivity contribution in [1.29, 1.82) is 0 Å². The summed E-state index contributed by atoms with van der Waals surface area (Å²) in [6, 6.07) is 0. The van der Waals surface area contributed by atoms with Crippen LogP contribution in [-0.2, 0) is 14.3 Å². The van der Waals surface area contributed by atoms with E-state index in [4.69, 9.17) is 9.84 Å². The number of esters is 1. The predicted molar refractivity (Wildman–Crippen MR) is 41.6 cm³/mol. The first-order chi connectivity index (χ1) is 5.75. The number of ether oxygens (including phenoxy) is 2. The molecule has 0 aromatic heterocycles. The summed E-state index contributed by atoms with van der Waals surface area (Å²) in [4.78, 5) is 11.2. The number of aliphatic hydroxyl groups excluding tert-OH is 1. The van der Waals surface area contributed by atoms with E-state index in [2.05, 4.69) is 4.74 Å². The van der Waals surface area contributed by atoms with Crippen LogP contribution in [-0.4, -0.2) is 37.0 Å². The van der Waals surface area contributed by atoms with Gasteiger partial charge in [-0.15, -0.1) is 0 Å². The van der Waals surface area contributed by atoms with Crippen molar-refractivity contribution in [2.24, 2.45) is 0 Å². The van der Waals surface area contributed by atoms with E-state index in [1.165, 1.54) is 7.11 Å². The minimum atomic E-state index is -0.739. The molecule has 1 fully saturated rings. The Morgan fingerprint density at radius 1 is 1.58 bits per heavy atom. The molecule has 12 heavy (non-hydrogen) atoms. The molecule has 1 aliphatic carbocycles. The summed E-state index contributed by atoms with van der Waals surface area (Å²) < 4.78 is 9.85. The van der Waals surface area contributed by atoms with Gasteiger partial charge in [0.15, 0.2) is 5.60 Å². The van der Waals surface area contributed by atoms with Gasteiger partial charge in [0.25, 0.3) is 0 Å². The number of rotatable bonds is 4. The highest BCUT2D eigenvalue weighted by Crippen LogP contribution is 2.36. The molecule has 0 radical (unpaired) electrons. The maximum Gasteiger partial charge on any atom is 0.338 e. The van der Waals surface area contributed by atoms with E-state index in [0.717, 1.165) is 6.42 Å². The lowest BCUT2D eigenvalue weighted by molar-refractivity contribution is -0.183. The van der Waals surface area contributed by atoms with Gasteiger partial charge in [-0.3, -0.25) is 0 Å². The van der Waals surface area contributed by atoms with Crippen LogP contribution in [0, 0.1) is 0 Å². The van der Waals surface area contributed by atoms with E-state index >= 15 is 0 Å². The van der Waals surface area contributed by atoms with Gasteiger partial charge in [0, 0.05) is 0 Å². The lowest BCUT2D eigenvalue weighted by Gasteiger charge is -2.38. The van der Waals surface area contributed by atoms with Crippen molar-refractivity contribution in [1.82, 2.24) is 0 Å². The zero-order chi connectivity index (χ0) is 9.03. The molecule has 4 heteroatoms. The van der Waals surface area contributed by atoms with Gasteiger partial charge in [-0.2, -0.15) is 0 Å². The topological polar surface area (TPSA) is 55.8 Å². The Morgan fingerprint density at radius 3 is 2.58 bits per heavy atom. The van der Waals surface area contributed by atoms with Crippen molar-refractivity contribution in [3.05, 3.63) is 0 Å². The van der Waals surface area contributed by atoms with Crippen molar-refractivity contribution in [3.63, 3.8) is 0 Å². The highest BCUT2D eigenvalue weighted by molar-refractivity contribution is 5.80. The van der Waals surface area contributed by atoms with E-state index in [0.29, 0.717) is 12.8 Å². The van der Waals surface area contributed by atoms with Gasteiger partial charge in [-0.1, -0.05) is 0 Å². The van der Waals surface area contributed by atoms with Crippen LogP contribution in [0.25, 0.3) is 0 Å². The molecular weight excluding hydrogens is 160 g/mol. The maximum atomic E-state index is 11.2. The summed E-state index contributed by atoms with van der Waals surface area (Å²) in [7, 11) is 1.35. The summed E-state index contributed by atoms with van der Waals surface area (Å²) in [5.41, 5.74) is -0.739. The zero-order valence-corrected chi connectivity index (χ0v) is 7.21. The molecule has 0 bridgehead atoms. The third-order valence-electron chi connectivity index (χ3n) is 2.19. The zero-order valence-electron chi connectivity index (χ0n) is 7.21. The Labute approximate surface area is 71.5 Å². The normalized spacial score (nSPS) is 19.8. The Balaban J connectivity index is 2.44. The van der Waals surface area contributed by atoms with E-state index in [1.807, 2.05) is 0 Å². The maximum absolute atomic E-state index is 11.2. The van der Waals surface area contributed by atoms with Gasteiger partial charge in [0.05, 0.1) is 20.3 Å². The molecule has 0 amide bonds. The molecule has 0 atom stereocenters. The van der Waals surface area contributed by atoms with E-state index < -0.39 is 5.60 Å². The molecule has 1 rings (SSSR count). The summed E-state index contributed by atoms with van der Waals surface area (Å²) in [5, 5.41) is 8.53. The second kappa shape index (κ2) is 3.87. The molecule has 1 aliphatic rings. The van der Waals surface area contributed by atoms with Crippen LogP contribution in [0.3, 0.4) is 0 Å². The minimum absolute atomic E-state index is 0.0568. The highest BCUT2D eigenvalue weighted by atomic mass is 16.6. The molecule has 0 aromatic carbocycles. The van der Waals surface area contributed by atoms with E-state index in [-0.39, 0.29) is 19.2 Å². The molecule has 1 N–H and O–H groups in total. The molecule has 0 saturated heterocycles. The van der Waals surface area contributed by atoms with Crippen LogP contribution >= 0.6 is 0 Å². The Bertz CT molecular complexity index is 162. The number of hydrogen-bond donors (Lipinski definition) is 1. The standard InChI is InChI=1S/C8H14O4/c1-11-7(10)8(3-2-4-8)12-6-5-9/h9H,2-6H2,1H3. The molecule has 0 spiro atoms.